The van der Waals surface area contributed by atoms with E-state index in [-0.39, 0.29) is 17.3 Å². The van der Waals surface area contributed by atoms with Crippen LogP contribution in [-0.4, -0.2) is 40.1 Å². The maximum Gasteiger partial charge on any atom is 0.410 e. The molecule has 19 heavy (non-hydrogen) atoms. The zero-order valence-corrected chi connectivity index (χ0v) is 10.7. The molecule has 2 rings (SSSR count). The molecule has 5 nitrogen and oxygen atoms in total. The number of likely N-dealkylation sites (tertiary alicyclic amines) is 1. The van der Waals surface area contributed by atoms with Gasteiger partial charge in [-0.2, -0.15) is 0 Å². The third kappa shape index (κ3) is 3.08. The van der Waals surface area contributed by atoms with E-state index >= 15 is 0 Å². The van der Waals surface area contributed by atoms with Crippen LogP contribution < -0.4 is 4.74 Å². The highest BCUT2D eigenvalue weighted by Gasteiger charge is 2.35. The van der Waals surface area contributed by atoms with Crippen LogP contribution in [0.1, 0.15) is 12.8 Å². The van der Waals surface area contributed by atoms with Gasteiger partial charge >= 0.3 is 6.09 Å². The zero-order valence-electron chi connectivity index (χ0n) is 9.92. The van der Waals surface area contributed by atoms with E-state index in [0.29, 0.717) is 12.8 Å². The molecule has 104 valence electrons. The smallest absolute Gasteiger partial charge is 0.410 e. The Balaban J connectivity index is 2.20. The van der Waals surface area contributed by atoms with Gasteiger partial charge < -0.3 is 14.9 Å². The summed E-state index contributed by atoms with van der Waals surface area (Å²) in [7, 11) is 0. The van der Waals surface area contributed by atoms with Crippen LogP contribution in [-0.2, 0) is 0 Å². The van der Waals surface area contributed by atoms with Gasteiger partial charge in [0.1, 0.15) is 17.7 Å². The highest BCUT2D eigenvalue weighted by atomic mass is 35.5. The van der Waals surface area contributed by atoms with Crippen LogP contribution in [0, 0.1) is 5.82 Å². The highest BCUT2D eigenvalue weighted by Crippen LogP contribution is 2.29. The Labute approximate surface area is 114 Å². The summed E-state index contributed by atoms with van der Waals surface area (Å²) in [6, 6.07) is 3.53. The number of hydrogen-bond donors (Lipinski definition) is 2. The van der Waals surface area contributed by atoms with Gasteiger partial charge in [0, 0.05) is 6.54 Å². The van der Waals surface area contributed by atoms with E-state index in [2.05, 4.69) is 0 Å². The van der Waals surface area contributed by atoms with Gasteiger partial charge in [0.15, 0.2) is 0 Å². The lowest BCUT2D eigenvalue weighted by molar-refractivity contribution is -0.0784. The van der Waals surface area contributed by atoms with Crippen LogP contribution in [0.4, 0.5) is 9.18 Å². The number of aliphatic hydroxyl groups is 1. The lowest BCUT2D eigenvalue weighted by Crippen LogP contribution is -2.53. The first-order chi connectivity index (χ1) is 8.99. The highest BCUT2D eigenvalue weighted by molar-refractivity contribution is 6.32. The number of halogens is 2. The Kier molecular flexibility index (Phi) is 4.11. The molecule has 1 heterocycles. The lowest BCUT2D eigenvalue weighted by Gasteiger charge is -2.36. The average molecular weight is 290 g/mol. The third-order valence-electron chi connectivity index (χ3n) is 2.92. The van der Waals surface area contributed by atoms with Crippen molar-refractivity contribution in [3.8, 4) is 5.75 Å². The van der Waals surface area contributed by atoms with Crippen molar-refractivity contribution < 1.29 is 24.1 Å². The number of rotatable bonds is 2. The van der Waals surface area contributed by atoms with Crippen molar-refractivity contribution in [2.45, 2.75) is 25.2 Å². The van der Waals surface area contributed by atoms with E-state index in [4.69, 9.17) is 21.4 Å². The van der Waals surface area contributed by atoms with Gasteiger partial charge in [0.25, 0.3) is 0 Å². The molecule has 0 bridgehead atoms. The number of carboxylic acid groups (broad SMARTS) is 1. The predicted octanol–water partition coefficient (Wildman–Crippen LogP) is 2.32. The number of aliphatic hydroxyl groups excluding tert-OH is 1. The van der Waals surface area contributed by atoms with E-state index < -0.39 is 24.2 Å². The van der Waals surface area contributed by atoms with Crippen molar-refractivity contribution in [3.05, 3.63) is 29.0 Å². The number of amides is 1. The molecule has 0 aromatic heterocycles. The van der Waals surface area contributed by atoms with E-state index in [1.54, 1.807) is 0 Å². The normalized spacial score (nSPS) is 23.2. The Morgan fingerprint density at radius 3 is 2.89 bits per heavy atom. The molecule has 1 fully saturated rings. The van der Waals surface area contributed by atoms with E-state index in [1.165, 1.54) is 6.07 Å². The number of piperidine rings is 1. The second kappa shape index (κ2) is 5.63. The maximum atomic E-state index is 12.9. The Morgan fingerprint density at radius 1 is 1.53 bits per heavy atom. The standard InChI is InChI=1S/C12H13ClFNO4/c13-8-6-7(14)3-4-10(8)19-11-9(16)2-1-5-15(11)12(17)18/h3-4,6,9,11,16H,1-2,5H2,(H,17,18). The van der Waals surface area contributed by atoms with Gasteiger partial charge in [-0.1, -0.05) is 11.6 Å². The molecule has 0 spiro atoms. The van der Waals surface area contributed by atoms with Crippen molar-refractivity contribution in [2.24, 2.45) is 0 Å². The van der Waals surface area contributed by atoms with Crippen LogP contribution >= 0.6 is 11.6 Å². The van der Waals surface area contributed by atoms with Crippen molar-refractivity contribution >= 4 is 17.7 Å². The SMILES string of the molecule is O=C(O)N1CCCC(O)C1Oc1ccc(F)cc1Cl. The summed E-state index contributed by atoms with van der Waals surface area (Å²) in [5.41, 5.74) is 0. The zero-order chi connectivity index (χ0) is 14.0. The first-order valence-electron chi connectivity index (χ1n) is 5.78. The number of carbonyl (C=O) groups is 1. The molecule has 0 aliphatic carbocycles. The monoisotopic (exact) mass is 289 g/mol. The summed E-state index contributed by atoms with van der Waals surface area (Å²) in [4.78, 5) is 12.1. The Morgan fingerprint density at radius 2 is 2.26 bits per heavy atom. The second-order valence-corrected chi connectivity index (χ2v) is 4.68. The summed E-state index contributed by atoms with van der Waals surface area (Å²) in [6.07, 6.45) is -2.15. The van der Waals surface area contributed by atoms with E-state index in [9.17, 15) is 14.3 Å². The van der Waals surface area contributed by atoms with Crippen molar-refractivity contribution in [2.75, 3.05) is 6.54 Å². The van der Waals surface area contributed by atoms with Crippen molar-refractivity contribution in [1.82, 2.24) is 4.90 Å². The quantitative estimate of drug-likeness (QED) is 0.876. The number of ether oxygens (including phenoxy) is 1. The number of benzene rings is 1. The summed E-state index contributed by atoms with van der Waals surface area (Å²) in [5, 5.41) is 18.9. The van der Waals surface area contributed by atoms with Gasteiger partial charge in [0.05, 0.1) is 5.02 Å². The second-order valence-electron chi connectivity index (χ2n) is 4.27. The average Bonchev–Trinajstić information content (AvgIpc) is 2.34. The lowest BCUT2D eigenvalue weighted by atomic mass is 10.1. The molecule has 1 aromatic carbocycles. The molecular formula is C12H13ClFNO4. The minimum atomic E-state index is -1.18. The maximum absolute atomic E-state index is 12.9. The summed E-state index contributed by atoms with van der Waals surface area (Å²) >= 11 is 5.81. The van der Waals surface area contributed by atoms with Crippen molar-refractivity contribution in [3.63, 3.8) is 0 Å². The molecule has 1 aliphatic heterocycles. The number of hydrogen-bond acceptors (Lipinski definition) is 3. The molecule has 7 heteroatoms. The summed E-state index contributed by atoms with van der Waals surface area (Å²) in [6.45, 7) is 0.274. The van der Waals surface area contributed by atoms with Gasteiger partial charge in [-0.3, -0.25) is 4.90 Å². The van der Waals surface area contributed by atoms with Crippen LogP contribution in [0.2, 0.25) is 5.02 Å². The fourth-order valence-corrected chi connectivity index (χ4v) is 2.21. The van der Waals surface area contributed by atoms with Gasteiger partial charge in [-0.25, -0.2) is 9.18 Å². The first-order valence-corrected chi connectivity index (χ1v) is 6.16. The number of nitrogens with zero attached hydrogens (tertiary/aromatic N) is 1. The summed E-state index contributed by atoms with van der Waals surface area (Å²) < 4.78 is 18.3. The molecular weight excluding hydrogens is 277 g/mol. The van der Waals surface area contributed by atoms with Gasteiger partial charge in [-0.15, -0.1) is 0 Å². The minimum absolute atomic E-state index is 0.0307. The van der Waals surface area contributed by atoms with Crippen molar-refractivity contribution in [1.29, 1.82) is 0 Å². The molecule has 0 saturated carbocycles. The molecule has 1 amide bonds. The molecule has 2 atom stereocenters. The molecule has 1 saturated heterocycles. The largest absolute Gasteiger partial charge is 0.466 e. The van der Waals surface area contributed by atoms with Gasteiger partial charge in [0.2, 0.25) is 6.23 Å². The fraction of sp³-hybridized carbons (Fsp3) is 0.417. The van der Waals surface area contributed by atoms with Crippen LogP contribution in [0.25, 0.3) is 0 Å². The van der Waals surface area contributed by atoms with E-state index in [1.807, 2.05) is 0 Å². The van der Waals surface area contributed by atoms with Gasteiger partial charge in [-0.05, 0) is 31.0 Å². The summed E-state index contributed by atoms with van der Waals surface area (Å²) in [5.74, 6) is -0.378. The van der Waals surface area contributed by atoms with Crippen LogP contribution in [0.5, 0.6) is 5.75 Å². The van der Waals surface area contributed by atoms with Crippen LogP contribution in [0.3, 0.4) is 0 Å². The Bertz CT molecular complexity index is 485. The third-order valence-corrected chi connectivity index (χ3v) is 3.22. The fourth-order valence-electron chi connectivity index (χ4n) is 2.00. The van der Waals surface area contributed by atoms with E-state index in [0.717, 1.165) is 17.0 Å². The predicted molar refractivity (Wildman–Crippen MR) is 65.8 cm³/mol. The first kappa shape index (κ1) is 13.9. The Hall–Kier alpha value is -1.53. The molecule has 0 radical (unpaired) electrons. The molecule has 1 aromatic rings. The minimum Gasteiger partial charge on any atom is -0.466 e. The molecule has 2 N–H and O–H groups in total. The molecule has 1 aliphatic rings. The molecule has 2 unspecified atom stereocenters. The topological polar surface area (TPSA) is 70.0 Å². The van der Waals surface area contributed by atoms with Crippen LogP contribution in [0.15, 0.2) is 18.2 Å².